The van der Waals surface area contributed by atoms with Crippen LogP contribution in [0, 0.1) is 5.92 Å². The summed E-state index contributed by atoms with van der Waals surface area (Å²) in [4.78, 5) is 0. The molecule has 1 aromatic heterocycles. The Balaban J connectivity index is 2.26. The summed E-state index contributed by atoms with van der Waals surface area (Å²) in [5, 5.41) is 9.37. The summed E-state index contributed by atoms with van der Waals surface area (Å²) in [5.74, 6) is 0.714. The lowest BCUT2D eigenvalue weighted by Gasteiger charge is -2.27. The highest BCUT2D eigenvalue weighted by atomic mass is 35.5. The number of halogens is 1. The first kappa shape index (κ1) is 11.3. The van der Waals surface area contributed by atoms with Gasteiger partial charge in [-0.2, -0.15) is 0 Å². The van der Waals surface area contributed by atoms with Crippen molar-refractivity contribution in [1.29, 1.82) is 0 Å². The average molecular weight is 245 g/mol. The van der Waals surface area contributed by atoms with Crippen molar-refractivity contribution in [3.8, 4) is 0 Å². The molecule has 2 nitrogen and oxygen atoms in total. The lowest BCUT2D eigenvalue weighted by molar-refractivity contribution is 0.343. The van der Waals surface area contributed by atoms with Crippen LogP contribution in [0.1, 0.15) is 51.0 Å². The molecule has 15 heavy (non-hydrogen) atoms. The molecule has 0 unspecified atom stereocenters. The molecule has 1 aliphatic rings. The van der Waals surface area contributed by atoms with E-state index in [0.717, 1.165) is 0 Å². The van der Waals surface area contributed by atoms with E-state index in [4.69, 9.17) is 11.6 Å². The second-order valence-corrected chi connectivity index (χ2v) is 6.51. The van der Waals surface area contributed by atoms with Crippen molar-refractivity contribution in [2.45, 2.75) is 51.4 Å². The van der Waals surface area contributed by atoms with E-state index in [-0.39, 0.29) is 0 Å². The van der Waals surface area contributed by atoms with Gasteiger partial charge in [0.2, 0.25) is 4.47 Å². The first-order valence-corrected chi connectivity index (χ1v) is 6.81. The fraction of sp³-hybridized carbons (Fsp3) is 0.818. The normalized spacial score (nSPS) is 20.0. The Morgan fingerprint density at radius 2 is 2.00 bits per heavy atom. The molecule has 1 fully saturated rings. The van der Waals surface area contributed by atoms with E-state index in [1.54, 1.807) is 11.3 Å². The standard InChI is InChI=1S/C11H17ClN2S/c1-8(2)7-11(5-3-4-6-11)9-13-14-10(12)15-9/h8H,3-7H2,1-2H3. The molecule has 0 amide bonds. The van der Waals surface area contributed by atoms with Gasteiger partial charge in [0.1, 0.15) is 5.01 Å². The Morgan fingerprint density at radius 1 is 1.33 bits per heavy atom. The highest BCUT2D eigenvalue weighted by Crippen LogP contribution is 2.46. The minimum absolute atomic E-state index is 0.291. The molecular weight excluding hydrogens is 228 g/mol. The minimum atomic E-state index is 0.291. The third-order valence-corrected chi connectivity index (χ3v) is 4.48. The molecule has 1 heterocycles. The minimum Gasteiger partial charge on any atom is -0.142 e. The predicted octanol–water partition coefficient (Wildman–Crippen LogP) is 4.05. The lowest BCUT2D eigenvalue weighted by Crippen LogP contribution is -2.24. The van der Waals surface area contributed by atoms with Gasteiger partial charge < -0.3 is 0 Å². The molecule has 1 aromatic rings. The van der Waals surface area contributed by atoms with Crippen molar-refractivity contribution in [2.24, 2.45) is 5.92 Å². The number of aromatic nitrogens is 2. The summed E-state index contributed by atoms with van der Waals surface area (Å²) in [7, 11) is 0. The van der Waals surface area contributed by atoms with Gasteiger partial charge in [0.15, 0.2) is 0 Å². The van der Waals surface area contributed by atoms with Crippen LogP contribution >= 0.6 is 22.9 Å². The van der Waals surface area contributed by atoms with Gasteiger partial charge in [0.25, 0.3) is 0 Å². The Morgan fingerprint density at radius 3 is 2.47 bits per heavy atom. The first-order valence-electron chi connectivity index (χ1n) is 5.62. The largest absolute Gasteiger partial charge is 0.207 e. The second-order valence-electron chi connectivity index (χ2n) is 4.95. The van der Waals surface area contributed by atoms with Gasteiger partial charge in [-0.3, -0.25) is 0 Å². The molecule has 0 spiro atoms. The van der Waals surface area contributed by atoms with Crippen LogP contribution in [0.2, 0.25) is 4.47 Å². The third kappa shape index (κ3) is 2.34. The summed E-state index contributed by atoms with van der Waals surface area (Å²) < 4.78 is 0.583. The Hall–Kier alpha value is -0.150. The van der Waals surface area contributed by atoms with Gasteiger partial charge in [-0.25, -0.2) is 0 Å². The molecule has 0 radical (unpaired) electrons. The molecule has 1 aliphatic carbocycles. The summed E-state index contributed by atoms with van der Waals surface area (Å²) in [6.45, 7) is 4.56. The Labute approximate surface area is 100 Å². The maximum atomic E-state index is 5.88. The SMILES string of the molecule is CC(C)CC1(c2nnc(Cl)s2)CCCC1. The molecular formula is C11H17ClN2S. The third-order valence-electron chi connectivity index (χ3n) is 3.21. The quantitative estimate of drug-likeness (QED) is 0.802. The maximum absolute atomic E-state index is 5.88. The van der Waals surface area contributed by atoms with Gasteiger partial charge in [-0.1, -0.05) is 38.0 Å². The van der Waals surface area contributed by atoms with Crippen LogP contribution < -0.4 is 0 Å². The maximum Gasteiger partial charge on any atom is 0.207 e. The van der Waals surface area contributed by atoms with Crippen LogP contribution in [-0.4, -0.2) is 10.2 Å². The van der Waals surface area contributed by atoms with Crippen LogP contribution in [0.25, 0.3) is 0 Å². The number of rotatable bonds is 3. The van der Waals surface area contributed by atoms with Gasteiger partial charge in [-0.05, 0) is 36.8 Å². The fourth-order valence-electron chi connectivity index (χ4n) is 2.76. The number of nitrogens with zero attached hydrogens (tertiary/aromatic N) is 2. The smallest absolute Gasteiger partial charge is 0.142 e. The van der Waals surface area contributed by atoms with E-state index in [1.165, 1.54) is 37.1 Å². The van der Waals surface area contributed by atoms with E-state index in [0.29, 0.717) is 15.8 Å². The zero-order valence-corrected chi connectivity index (χ0v) is 10.9. The first-order chi connectivity index (χ1) is 7.12. The monoisotopic (exact) mass is 244 g/mol. The van der Waals surface area contributed by atoms with Crippen LogP contribution in [0.4, 0.5) is 0 Å². The zero-order valence-electron chi connectivity index (χ0n) is 9.29. The van der Waals surface area contributed by atoms with Crippen LogP contribution in [0.5, 0.6) is 0 Å². The lowest BCUT2D eigenvalue weighted by atomic mass is 9.79. The van der Waals surface area contributed by atoms with Crippen molar-refractivity contribution < 1.29 is 0 Å². The Bertz CT molecular complexity index is 329. The molecule has 0 aromatic carbocycles. The molecule has 0 bridgehead atoms. The van der Waals surface area contributed by atoms with Crippen molar-refractivity contribution in [1.82, 2.24) is 10.2 Å². The molecule has 2 rings (SSSR count). The van der Waals surface area contributed by atoms with Gasteiger partial charge in [0, 0.05) is 5.41 Å². The molecule has 0 N–H and O–H groups in total. The van der Waals surface area contributed by atoms with Crippen LogP contribution in [-0.2, 0) is 5.41 Å². The molecule has 1 saturated carbocycles. The van der Waals surface area contributed by atoms with E-state index < -0.39 is 0 Å². The molecule has 0 aliphatic heterocycles. The average Bonchev–Trinajstić information content (AvgIpc) is 2.73. The van der Waals surface area contributed by atoms with Crippen molar-refractivity contribution >= 4 is 22.9 Å². The topological polar surface area (TPSA) is 25.8 Å². The van der Waals surface area contributed by atoms with E-state index in [9.17, 15) is 0 Å². The van der Waals surface area contributed by atoms with Gasteiger partial charge in [-0.15, -0.1) is 10.2 Å². The second kappa shape index (κ2) is 4.38. The summed E-state index contributed by atoms with van der Waals surface area (Å²) in [6, 6.07) is 0. The van der Waals surface area contributed by atoms with E-state index >= 15 is 0 Å². The van der Waals surface area contributed by atoms with Crippen molar-refractivity contribution in [2.75, 3.05) is 0 Å². The Kier molecular flexibility index (Phi) is 3.31. The predicted molar refractivity (Wildman–Crippen MR) is 64.5 cm³/mol. The highest BCUT2D eigenvalue weighted by molar-refractivity contribution is 7.15. The summed E-state index contributed by atoms with van der Waals surface area (Å²) >= 11 is 7.45. The fourth-order valence-corrected chi connectivity index (χ4v) is 3.84. The number of hydrogen-bond acceptors (Lipinski definition) is 3. The van der Waals surface area contributed by atoms with Gasteiger partial charge in [0.05, 0.1) is 0 Å². The van der Waals surface area contributed by atoms with Crippen molar-refractivity contribution in [3.63, 3.8) is 0 Å². The summed E-state index contributed by atoms with van der Waals surface area (Å²) in [6.07, 6.45) is 6.39. The highest BCUT2D eigenvalue weighted by Gasteiger charge is 2.39. The van der Waals surface area contributed by atoms with E-state index in [2.05, 4.69) is 24.0 Å². The van der Waals surface area contributed by atoms with Crippen molar-refractivity contribution in [3.05, 3.63) is 9.47 Å². The van der Waals surface area contributed by atoms with Gasteiger partial charge >= 0.3 is 0 Å². The molecule has 84 valence electrons. The molecule has 0 saturated heterocycles. The van der Waals surface area contributed by atoms with Crippen LogP contribution in [0.3, 0.4) is 0 Å². The number of hydrogen-bond donors (Lipinski definition) is 0. The van der Waals surface area contributed by atoms with E-state index in [1.807, 2.05) is 0 Å². The van der Waals surface area contributed by atoms with Crippen LogP contribution in [0.15, 0.2) is 0 Å². The zero-order chi connectivity index (χ0) is 10.9. The molecule has 0 atom stereocenters. The molecule has 4 heteroatoms. The summed E-state index contributed by atoms with van der Waals surface area (Å²) in [5.41, 5.74) is 0.291.